The third-order valence-corrected chi connectivity index (χ3v) is 3.90. The van der Waals surface area contributed by atoms with Gasteiger partial charge in [0, 0.05) is 24.3 Å². The lowest BCUT2D eigenvalue weighted by molar-refractivity contribution is 0.199. The zero-order valence-corrected chi connectivity index (χ0v) is 11.1. The highest BCUT2D eigenvalue weighted by Gasteiger charge is 2.26. The van der Waals surface area contributed by atoms with Crippen LogP contribution in [0.5, 0.6) is 0 Å². The molecular formula is C15H23NO. The second kappa shape index (κ2) is 5.09. The molecule has 2 atom stereocenters. The Kier molecular flexibility index (Phi) is 3.72. The van der Waals surface area contributed by atoms with Gasteiger partial charge >= 0.3 is 0 Å². The summed E-state index contributed by atoms with van der Waals surface area (Å²) in [6.07, 6.45) is 0.885. The van der Waals surface area contributed by atoms with Crippen molar-refractivity contribution in [2.24, 2.45) is 11.8 Å². The summed E-state index contributed by atoms with van der Waals surface area (Å²) in [4.78, 5) is 2.42. The van der Waals surface area contributed by atoms with Gasteiger partial charge in [0.15, 0.2) is 0 Å². The SMILES string of the molecule is CC(C)C1CCN(c2ccccc2[C@H](C)O)C1. The van der Waals surface area contributed by atoms with E-state index >= 15 is 0 Å². The average molecular weight is 233 g/mol. The second-order valence-electron chi connectivity index (χ2n) is 5.47. The molecule has 94 valence electrons. The number of aliphatic hydroxyl groups excluding tert-OH is 1. The molecule has 17 heavy (non-hydrogen) atoms. The largest absolute Gasteiger partial charge is 0.389 e. The summed E-state index contributed by atoms with van der Waals surface area (Å²) >= 11 is 0. The third-order valence-electron chi connectivity index (χ3n) is 3.90. The topological polar surface area (TPSA) is 23.5 Å². The summed E-state index contributed by atoms with van der Waals surface area (Å²) < 4.78 is 0. The molecule has 1 aromatic carbocycles. The molecule has 1 heterocycles. The molecule has 2 rings (SSSR count). The van der Waals surface area contributed by atoms with Gasteiger partial charge in [0.2, 0.25) is 0 Å². The molecule has 1 aromatic rings. The smallest absolute Gasteiger partial charge is 0.0781 e. The number of rotatable bonds is 3. The first-order valence-electron chi connectivity index (χ1n) is 6.61. The Morgan fingerprint density at radius 2 is 1.94 bits per heavy atom. The van der Waals surface area contributed by atoms with Gasteiger partial charge in [-0.2, -0.15) is 0 Å². The van der Waals surface area contributed by atoms with Crippen molar-refractivity contribution < 1.29 is 5.11 Å². The van der Waals surface area contributed by atoms with Crippen molar-refractivity contribution in [1.29, 1.82) is 0 Å². The Bertz CT molecular complexity index is 373. The van der Waals surface area contributed by atoms with Crippen LogP contribution < -0.4 is 4.90 Å². The van der Waals surface area contributed by atoms with Gasteiger partial charge < -0.3 is 10.0 Å². The summed E-state index contributed by atoms with van der Waals surface area (Å²) in [5.41, 5.74) is 2.27. The molecule has 0 saturated carbocycles. The van der Waals surface area contributed by atoms with Crippen LogP contribution in [0.1, 0.15) is 38.9 Å². The van der Waals surface area contributed by atoms with E-state index in [-0.39, 0.29) is 6.10 Å². The summed E-state index contributed by atoms with van der Waals surface area (Å²) in [5.74, 6) is 1.54. The van der Waals surface area contributed by atoms with Crippen molar-refractivity contribution in [3.05, 3.63) is 29.8 Å². The zero-order valence-electron chi connectivity index (χ0n) is 11.1. The lowest BCUT2D eigenvalue weighted by Gasteiger charge is -2.24. The van der Waals surface area contributed by atoms with Gasteiger partial charge in [-0.05, 0) is 31.2 Å². The first kappa shape index (κ1) is 12.4. The van der Waals surface area contributed by atoms with E-state index < -0.39 is 0 Å². The van der Waals surface area contributed by atoms with Crippen LogP contribution in [-0.2, 0) is 0 Å². The molecular weight excluding hydrogens is 210 g/mol. The molecule has 0 aromatic heterocycles. The van der Waals surface area contributed by atoms with E-state index in [1.165, 1.54) is 12.1 Å². The molecule has 1 N–H and O–H groups in total. The van der Waals surface area contributed by atoms with Gasteiger partial charge in [-0.25, -0.2) is 0 Å². The minimum Gasteiger partial charge on any atom is -0.389 e. The van der Waals surface area contributed by atoms with Gasteiger partial charge in [0.1, 0.15) is 0 Å². The minimum atomic E-state index is -0.385. The van der Waals surface area contributed by atoms with E-state index in [9.17, 15) is 5.11 Å². The number of hydrogen-bond acceptors (Lipinski definition) is 2. The van der Waals surface area contributed by atoms with Crippen LogP contribution in [0.4, 0.5) is 5.69 Å². The maximum Gasteiger partial charge on any atom is 0.0781 e. The summed E-state index contributed by atoms with van der Waals surface area (Å²) in [7, 11) is 0. The van der Waals surface area contributed by atoms with Crippen LogP contribution in [0.2, 0.25) is 0 Å². The van der Waals surface area contributed by atoms with Crippen LogP contribution >= 0.6 is 0 Å². The number of nitrogens with zero attached hydrogens (tertiary/aromatic N) is 1. The molecule has 1 unspecified atom stereocenters. The van der Waals surface area contributed by atoms with Crippen molar-refractivity contribution in [2.45, 2.75) is 33.3 Å². The van der Waals surface area contributed by atoms with E-state index in [0.717, 1.165) is 30.5 Å². The van der Waals surface area contributed by atoms with Crippen molar-refractivity contribution >= 4 is 5.69 Å². The summed E-state index contributed by atoms with van der Waals surface area (Å²) in [6.45, 7) is 8.69. The first-order valence-corrected chi connectivity index (χ1v) is 6.61. The van der Waals surface area contributed by atoms with Crippen LogP contribution in [0.15, 0.2) is 24.3 Å². The highest BCUT2D eigenvalue weighted by Crippen LogP contribution is 2.32. The predicted molar refractivity (Wildman–Crippen MR) is 72.2 cm³/mol. The second-order valence-corrected chi connectivity index (χ2v) is 5.47. The summed E-state index contributed by atoms with van der Waals surface area (Å²) in [6, 6.07) is 8.22. The Hall–Kier alpha value is -1.02. The molecule has 2 nitrogen and oxygen atoms in total. The third kappa shape index (κ3) is 2.63. The fourth-order valence-corrected chi connectivity index (χ4v) is 2.68. The Balaban J connectivity index is 2.18. The summed E-state index contributed by atoms with van der Waals surface area (Å²) in [5, 5.41) is 9.81. The molecule has 0 spiro atoms. The monoisotopic (exact) mass is 233 g/mol. The first-order chi connectivity index (χ1) is 8.09. The average Bonchev–Trinajstić information content (AvgIpc) is 2.78. The Morgan fingerprint density at radius 1 is 1.24 bits per heavy atom. The molecule has 1 fully saturated rings. The zero-order chi connectivity index (χ0) is 12.4. The number of benzene rings is 1. The van der Waals surface area contributed by atoms with Crippen molar-refractivity contribution in [3.63, 3.8) is 0 Å². The van der Waals surface area contributed by atoms with Crippen LogP contribution in [-0.4, -0.2) is 18.2 Å². The lowest BCUT2D eigenvalue weighted by Crippen LogP contribution is -2.22. The van der Waals surface area contributed by atoms with E-state index in [1.54, 1.807) is 0 Å². The van der Waals surface area contributed by atoms with Crippen molar-refractivity contribution in [1.82, 2.24) is 0 Å². The van der Waals surface area contributed by atoms with Crippen molar-refractivity contribution in [2.75, 3.05) is 18.0 Å². The normalized spacial score (nSPS) is 22.2. The molecule has 2 heteroatoms. The van der Waals surface area contributed by atoms with E-state index in [0.29, 0.717) is 0 Å². The fourth-order valence-electron chi connectivity index (χ4n) is 2.68. The quantitative estimate of drug-likeness (QED) is 0.866. The molecule has 1 aliphatic rings. The van der Waals surface area contributed by atoms with Crippen molar-refractivity contribution in [3.8, 4) is 0 Å². The molecule has 0 radical (unpaired) electrons. The molecule has 0 amide bonds. The maximum absolute atomic E-state index is 9.81. The molecule has 0 aliphatic carbocycles. The fraction of sp³-hybridized carbons (Fsp3) is 0.600. The highest BCUT2D eigenvalue weighted by atomic mass is 16.3. The molecule has 1 saturated heterocycles. The number of aliphatic hydroxyl groups is 1. The number of para-hydroxylation sites is 1. The van der Waals surface area contributed by atoms with Crippen LogP contribution in [0.25, 0.3) is 0 Å². The van der Waals surface area contributed by atoms with Gasteiger partial charge in [0.25, 0.3) is 0 Å². The Labute approximate surface area is 104 Å². The lowest BCUT2D eigenvalue weighted by atomic mass is 9.95. The van der Waals surface area contributed by atoms with E-state index in [1.807, 2.05) is 19.1 Å². The molecule has 0 bridgehead atoms. The van der Waals surface area contributed by atoms with Crippen LogP contribution in [0, 0.1) is 11.8 Å². The highest BCUT2D eigenvalue weighted by molar-refractivity contribution is 5.55. The minimum absolute atomic E-state index is 0.385. The maximum atomic E-state index is 9.81. The number of anilines is 1. The van der Waals surface area contributed by atoms with E-state index in [4.69, 9.17) is 0 Å². The van der Waals surface area contributed by atoms with Gasteiger partial charge in [0.05, 0.1) is 6.10 Å². The predicted octanol–water partition coefficient (Wildman–Crippen LogP) is 3.22. The standard InChI is InChI=1S/C15H23NO/c1-11(2)13-8-9-16(10-13)15-7-5-4-6-14(15)12(3)17/h4-7,11-13,17H,8-10H2,1-3H3/t12-,13?/m0/s1. The van der Waals surface area contributed by atoms with Crippen LogP contribution in [0.3, 0.4) is 0 Å². The van der Waals surface area contributed by atoms with Gasteiger partial charge in [-0.3, -0.25) is 0 Å². The van der Waals surface area contributed by atoms with E-state index in [2.05, 4.69) is 30.9 Å². The number of hydrogen-bond donors (Lipinski definition) is 1. The Morgan fingerprint density at radius 3 is 2.53 bits per heavy atom. The van der Waals surface area contributed by atoms with Gasteiger partial charge in [-0.15, -0.1) is 0 Å². The van der Waals surface area contributed by atoms with Gasteiger partial charge in [-0.1, -0.05) is 32.0 Å². The molecule has 1 aliphatic heterocycles.